The molecular weight excluding hydrogens is 348 g/mol. The average molecular weight is 368 g/mol. The minimum atomic E-state index is 0.625. The Balaban J connectivity index is 1.48. The molecule has 138 valence electrons. The number of oxazole rings is 2. The molecule has 4 heteroatoms. The minimum absolute atomic E-state index is 0.625. The maximum Gasteiger partial charge on any atom is 0.227 e. The summed E-state index contributed by atoms with van der Waals surface area (Å²) in [4.78, 5) is 9.28. The number of hydrogen-bond donors (Lipinski definition) is 0. The van der Waals surface area contributed by atoms with Crippen LogP contribution in [0.3, 0.4) is 0 Å². The van der Waals surface area contributed by atoms with E-state index in [0.29, 0.717) is 11.8 Å². The number of fused-ring (bicyclic) bond motifs is 2. The van der Waals surface area contributed by atoms with E-state index < -0.39 is 0 Å². The highest BCUT2D eigenvalue weighted by Gasteiger charge is 2.12. The van der Waals surface area contributed by atoms with Crippen LogP contribution in [0.25, 0.3) is 45.1 Å². The van der Waals surface area contributed by atoms with Gasteiger partial charge in [-0.15, -0.1) is 0 Å². The maximum atomic E-state index is 5.92. The van der Waals surface area contributed by atoms with Gasteiger partial charge in [-0.2, -0.15) is 0 Å². The van der Waals surface area contributed by atoms with Crippen molar-refractivity contribution in [2.24, 2.45) is 0 Å². The van der Waals surface area contributed by atoms with Crippen molar-refractivity contribution in [3.05, 3.63) is 71.8 Å². The third-order valence-electron chi connectivity index (χ3n) is 5.10. The van der Waals surface area contributed by atoms with Crippen molar-refractivity contribution in [3.8, 4) is 22.9 Å². The SMILES string of the molecule is CCc1ccc2oc(-c3ccc(-c4nc5cc(CC)ccc5o4)cc3)nc2c1. The van der Waals surface area contributed by atoms with Gasteiger partial charge in [0, 0.05) is 11.1 Å². The van der Waals surface area contributed by atoms with Gasteiger partial charge in [0.05, 0.1) is 0 Å². The second-order valence-corrected chi connectivity index (χ2v) is 6.93. The fourth-order valence-electron chi connectivity index (χ4n) is 3.39. The van der Waals surface area contributed by atoms with E-state index in [1.54, 1.807) is 0 Å². The number of benzene rings is 3. The smallest absolute Gasteiger partial charge is 0.227 e. The maximum absolute atomic E-state index is 5.92. The topological polar surface area (TPSA) is 52.1 Å². The molecule has 0 aliphatic carbocycles. The van der Waals surface area contributed by atoms with Crippen LogP contribution in [-0.2, 0) is 12.8 Å². The number of rotatable bonds is 4. The standard InChI is InChI=1S/C24H20N2O2/c1-3-15-5-11-21-19(13-15)25-23(27-21)17-7-9-18(10-8-17)24-26-20-14-16(4-2)6-12-22(20)28-24/h5-14H,3-4H2,1-2H3. The average Bonchev–Trinajstić information content (AvgIpc) is 3.36. The molecule has 0 unspecified atom stereocenters. The molecule has 3 aromatic carbocycles. The van der Waals surface area contributed by atoms with Crippen LogP contribution >= 0.6 is 0 Å². The van der Waals surface area contributed by atoms with Crippen molar-refractivity contribution in [2.75, 3.05) is 0 Å². The molecule has 2 aromatic heterocycles. The summed E-state index contributed by atoms with van der Waals surface area (Å²) in [6.45, 7) is 4.27. The minimum Gasteiger partial charge on any atom is -0.436 e. The second kappa shape index (κ2) is 6.64. The van der Waals surface area contributed by atoms with E-state index in [2.05, 4.69) is 48.1 Å². The Kier molecular flexibility index (Phi) is 3.97. The summed E-state index contributed by atoms with van der Waals surface area (Å²) in [6.07, 6.45) is 1.97. The molecule has 0 aliphatic heterocycles. The van der Waals surface area contributed by atoms with Crippen LogP contribution in [0.5, 0.6) is 0 Å². The van der Waals surface area contributed by atoms with Crippen LogP contribution in [0.2, 0.25) is 0 Å². The van der Waals surface area contributed by atoms with Crippen LogP contribution in [-0.4, -0.2) is 9.97 Å². The fourth-order valence-corrected chi connectivity index (χ4v) is 3.39. The van der Waals surface area contributed by atoms with E-state index in [-0.39, 0.29) is 0 Å². The second-order valence-electron chi connectivity index (χ2n) is 6.93. The molecule has 0 fully saturated rings. The predicted molar refractivity (Wildman–Crippen MR) is 111 cm³/mol. The molecule has 4 nitrogen and oxygen atoms in total. The first-order valence-electron chi connectivity index (χ1n) is 9.63. The number of nitrogens with zero attached hydrogens (tertiary/aromatic N) is 2. The highest BCUT2D eigenvalue weighted by Crippen LogP contribution is 2.29. The van der Waals surface area contributed by atoms with Crippen LogP contribution in [0.1, 0.15) is 25.0 Å². The van der Waals surface area contributed by atoms with Gasteiger partial charge in [0.1, 0.15) is 11.0 Å². The first kappa shape index (κ1) is 16.8. The molecule has 0 aliphatic rings. The molecule has 0 spiro atoms. The molecule has 28 heavy (non-hydrogen) atoms. The summed E-state index contributed by atoms with van der Waals surface area (Å²) < 4.78 is 11.8. The highest BCUT2D eigenvalue weighted by molar-refractivity contribution is 5.79. The van der Waals surface area contributed by atoms with Crippen LogP contribution < -0.4 is 0 Å². The zero-order valence-electron chi connectivity index (χ0n) is 15.9. The van der Waals surface area contributed by atoms with Crippen molar-refractivity contribution < 1.29 is 8.83 Å². The third-order valence-corrected chi connectivity index (χ3v) is 5.10. The first-order chi connectivity index (χ1) is 13.7. The molecule has 0 bridgehead atoms. The van der Waals surface area contributed by atoms with Crippen molar-refractivity contribution in [1.29, 1.82) is 0 Å². The third kappa shape index (κ3) is 2.87. The molecule has 0 N–H and O–H groups in total. The Morgan fingerprint density at radius 3 is 1.43 bits per heavy atom. The summed E-state index contributed by atoms with van der Waals surface area (Å²) in [7, 11) is 0. The Morgan fingerprint density at radius 2 is 1.04 bits per heavy atom. The van der Waals surface area contributed by atoms with Crippen molar-refractivity contribution >= 4 is 22.2 Å². The van der Waals surface area contributed by atoms with Gasteiger partial charge in [-0.05, 0) is 72.5 Å². The van der Waals surface area contributed by atoms with Gasteiger partial charge in [-0.1, -0.05) is 26.0 Å². The zero-order valence-corrected chi connectivity index (χ0v) is 15.9. The molecule has 0 radical (unpaired) electrons. The van der Waals surface area contributed by atoms with Gasteiger partial charge in [0.25, 0.3) is 0 Å². The first-order valence-corrected chi connectivity index (χ1v) is 9.63. The lowest BCUT2D eigenvalue weighted by molar-refractivity contribution is 0.617. The van der Waals surface area contributed by atoms with E-state index in [1.165, 1.54) is 11.1 Å². The van der Waals surface area contributed by atoms with E-state index in [9.17, 15) is 0 Å². The molecule has 0 atom stereocenters. The van der Waals surface area contributed by atoms with E-state index in [1.807, 2.05) is 36.4 Å². The Morgan fingerprint density at radius 1 is 0.607 bits per heavy atom. The van der Waals surface area contributed by atoms with Gasteiger partial charge in [0.15, 0.2) is 11.2 Å². The molecule has 0 saturated heterocycles. The van der Waals surface area contributed by atoms with Crippen molar-refractivity contribution in [3.63, 3.8) is 0 Å². The number of aryl methyl sites for hydroxylation is 2. The monoisotopic (exact) mass is 368 g/mol. The quantitative estimate of drug-likeness (QED) is 0.367. The lowest BCUT2D eigenvalue weighted by atomic mass is 10.1. The predicted octanol–water partition coefficient (Wildman–Crippen LogP) is 6.43. The van der Waals surface area contributed by atoms with Gasteiger partial charge < -0.3 is 8.83 Å². The summed E-state index contributed by atoms with van der Waals surface area (Å²) in [5, 5.41) is 0. The Bertz CT molecular complexity index is 1180. The number of aromatic nitrogens is 2. The molecule has 0 amide bonds. The Hall–Kier alpha value is -3.40. The zero-order chi connectivity index (χ0) is 19.1. The lowest BCUT2D eigenvalue weighted by Crippen LogP contribution is -1.81. The van der Waals surface area contributed by atoms with Gasteiger partial charge in [-0.3, -0.25) is 0 Å². The van der Waals surface area contributed by atoms with Crippen LogP contribution in [0.4, 0.5) is 0 Å². The van der Waals surface area contributed by atoms with Crippen LogP contribution in [0, 0.1) is 0 Å². The molecule has 5 rings (SSSR count). The number of hydrogen-bond acceptors (Lipinski definition) is 4. The van der Waals surface area contributed by atoms with Crippen LogP contribution in [0.15, 0.2) is 69.5 Å². The fraction of sp³-hybridized carbons (Fsp3) is 0.167. The van der Waals surface area contributed by atoms with Crippen molar-refractivity contribution in [1.82, 2.24) is 9.97 Å². The lowest BCUT2D eigenvalue weighted by Gasteiger charge is -1.97. The van der Waals surface area contributed by atoms with Gasteiger partial charge >= 0.3 is 0 Å². The largest absolute Gasteiger partial charge is 0.436 e. The highest BCUT2D eigenvalue weighted by atomic mass is 16.4. The van der Waals surface area contributed by atoms with E-state index in [0.717, 1.165) is 46.2 Å². The molecule has 0 saturated carbocycles. The van der Waals surface area contributed by atoms with Crippen molar-refractivity contribution in [2.45, 2.75) is 26.7 Å². The summed E-state index contributed by atoms with van der Waals surface area (Å²) in [5.74, 6) is 1.25. The molecule has 5 aromatic rings. The summed E-state index contributed by atoms with van der Waals surface area (Å²) >= 11 is 0. The van der Waals surface area contributed by atoms with Gasteiger partial charge in [0.2, 0.25) is 11.8 Å². The molecule has 2 heterocycles. The van der Waals surface area contributed by atoms with E-state index in [4.69, 9.17) is 8.83 Å². The molecular formula is C24H20N2O2. The Labute approximate surface area is 162 Å². The van der Waals surface area contributed by atoms with Gasteiger partial charge in [-0.25, -0.2) is 9.97 Å². The summed E-state index contributed by atoms with van der Waals surface area (Å²) in [6, 6.07) is 20.3. The normalized spacial score (nSPS) is 11.5. The summed E-state index contributed by atoms with van der Waals surface area (Å²) in [5.41, 5.74) is 7.77. The van der Waals surface area contributed by atoms with E-state index >= 15 is 0 Å².